The van der Waals surface area contributed by atoms with Crippen LogP contribution in [-0.2, 0) is 9.53 Å². The summed E-state index contributed by atoms with van der Waals surface area (Å²) in [5, 5.41) is 8.21. The van der Waals surface area contributed by atoms with Crippen LogP contribution in [0.5, 0.6) is 5.75 Å². The summed E-state index contributed by atoms with van der Waals surface area (Å²) in [6.07, 6.45) is 4.53. The smallest absolute Gasteiger partial charge is 0.410 e. The number of carbonyl (C=O) groups is 2. The number of hydrogen-bond donors (Lipinski definition) is 1. The van der Waals surface area contributed by atoms with Crippen LogP contribution in [0.25, 0.3) is 17.0 Å². The van der Waals surface area contributed by atoms with Crippen LogP contribution >= 0.6 is 0 Å². The second kappa shape index (κ2) is 9.87. The Morgan fingerprint density at radius 3 is 2.76 bits per heavy atom. The van der Waals surface area contributed by atoms with E-state index < -0.39 is 5.60 Å². The summed E-state index contributed by atoms with van der Waals surface area (Å²) in [4.78, 5) is 37.7. The standard InChI is InChI=1S/C26H33N7O4/c1-26(2,3)37-25(35)31-12-6-8-17(16-31)28-21-10-5-9-18(29-21)19-15-27-22-14-20(36-4)24(30-33(19)22)32-13-7-11-23(32)34/h5,9-10,14-15,17H,6-8,11-13,16H2,1-4H3,(H,28,29)/t17-/m1/s1. The molecule has 2 aliphatic heterocycles. The zero-order valence-electron chi connectivity index (χ0n) is 21.7. The van der Waals surface area contributed by atoms with E-state index in [1.807, 2.05) is 39.0 Å². The van der Waals surface area contributed by atoms with E-state index >= 15 is 0 Å². The highest BCUT2D eigenvalue weighted by Gasteiger charge is 2.29. The molecule has 196 valence electrons. The highest BCUT2D eigenvalue weighted by Crippen LogP contribution is 2.32. The summed E-state index contributed by atoms with van der Waals surface area (Å²) in [5.74, 6) is 1.72. The molecular weight excluding hydrogens is 474 g/mol. The Labute approximate surface area is 215 Å². The molecule has 0 aromatic carbocycles. The third-order valence-electron chi connectivity index (χ3n) is 6.43. The minimum Gasteiger partial charge on any atom is -0.493 e. The van der Waals surface area contributed by atoms with Crippen molar-refractivity contribution in [3.05, 3.63) is 30.5 Å². The van der Waals surface area contributed by atoms with E-state index in [-0.39, 0.29) is 18.0 Å². The van der Waals surface area contributed by atoms with Crippen molar-refractivity contribution in [3.63, 3.8) is 0 Å². The Kier molecular flexibility index (Phi) is 6.61. The fraction of sp³-hybridized carbons (Fsp3) is 0.500. The summed E-state index contributed by atoms with van der Waals surface area (Å²) in [7, 11) is 1.56. The van der Waals surface area contributed by atoms with Gasteiger partial charge in [0.2, 0.25) is 5.91 Å². The van der Waals surface area contributed by atoms with Crippen LogP contribution in [0.1, 0.15) is 46.5 Å². The number of fused-ring (bicyclic) bond motifs is 1. The SMILES string of the molecule is COc1cc2ncc(-c3cccc(N[C@@H]4CCCN(C(=O)OC(C)(C)C)C4)n3)n2nc1N1CCCC1=O. The maximum atomic E-state index is 12.5. The minimum absolute atomic E-state index is 0.0315. The van der Waals surface area contributed by atoms with E-state index in [0.29, 0.717) is 60.5 Å². The number of nitrogens with zero attached hydrogens (tertiary/aromatic N) is 6. The van der Waals surface area contributed by atoms with E-state index in [9.17, 15) is 9.59 Å². The molecule has 0 aliphatic carbocycles. The molecule has 0 unspecified atom stereocenters. The molecule has 3 aromatic heterocycles. The Hall–Kier alpha value is -3.89. The van der Waals surface area contributed by atoms with Gasteiger partial charge in [-0.15, -0.1) is 5.10 Å². The maximum absolute atomic E-state index is 12.5. The van der Waals surface area contributed by atoms with E-state index in [4.69, 9.17) is 19.6 Å². The minimum atomic E-state index is -0.526. The lowest BCUT2D eigenvalue weighted by atomic mass is 10.1. The number of aromatic nitrogens is 4. The van der Waals surface area contributed by atoms with Crippen molar-refractivity contribution in [2.75, 3.05) is 37.0 Å². The molecule has 0 bridgehead atoms. The molecule has 2 saturated heterocycles. The maximum Gasteiger partial charge on any atom is 0.410 e. The number of carbonyl (C=O) groups excluding carboxylic acids is 2. The zero-order valence-corrected chi connectivity index (χ0v) is 21.7. The van der Waals surface area contributed by atoms with Crippen LogP contribution in [0.4, 0.5) is 16.4 Å². The molecule has 1 atom stereocenters. The van der Waals surface area contributed by atoms with Gasteiger partial charge in [0.15, 0.2) is 17.2 Å². The van der Waals surface area contributed by atoms with Crippen molar-refractivity contribution in [1.82, 2.24) is 24.5 Å². The lowest BCUT2D eigenvalue weighted by molar-refractivity contribution is -0.117. The van der Waals surface area contributed by atoms with Crippen molar-refractivity contribution in [1.29, 1.82) is 0 Å². The lowest BCUT2D eigenvalue weighted by Gasteiger charge is -2.34. The van der Waals surface area contributed by atoms with Crippen LogP contribution in [-0.4, -0.2) is 74.9 Å². The molecule has 2 amide bonds. The predicted molar refractivity (Wildman–Crippen MR) is 139 cm³/mol. The van der Waals surface area contributed by atoms with Crippen LogP contribution in [0.2, 0.25) is 0 Å². The number of anilines is 2. The number of nitrogens with one attached hydrogen (secondary N) is 1. The molecule has 0 saturated carbocycles. The van der Waals surface area contributed by atoms with E-state index in [1.54, 1.807) is 33.7 Å². The Balaban J connectivity index is 1.38. The highest BCUT2D eigenvalue weighted by molar-refractivity contribution is 5.95. The fourth-order valence-corrected chi connectivity index (χ4v) is 4.73. The van der Waals surface area contributed by atoms with Gasteiger partial charge in [-0.3, -0.25) is 9.69 Å². The summed E-state index contributed by atoms with van der Waals surface area (Å²) in [6, 6.07) is 7.57. The monoisotopic (exact) mass is 507 g/mol. The molecule has 11 heteroatoms. The average molecular weight is 508 g/mol. The van der Waals surface area contributed by atoms with Crippen molar-refractivity contribution < 1.29 is 19.1 Å². The average Bonchev–Trinajstić information content (AvgIpc) is 3.48. The topological polar surface area (TPSA) is 114 Å². The fourth-order valence-electron chi connectivity index (χ4n) is 4.73. The summed E-state index contributed by atoms with van der Waals surface area (Å²) in [5.41, 5.74) is 1.46. The summed E-state index contributed by atoms with van der Waals surface area (Å²) >= 11 is 0. The number of pyridine rings is 1. The first-order valence-electron chi connectivity index (χ1n) is 12.7. The van der Waals surface area contributed by atoms with Gasteiger partial charge in [-0.05, 0) is 52.2 Å². The zero-order chi connectivity index (χ0) is 26.2. The second-order valence-electron chi connectivity index (χ2n) is 10.4. The normalized spacial score (nSPS) is 18.4. The number of piperidine rings is 1. The summed E-state index contributed by atoms with van der Waals surface area (Å²) in [6.45, 7) is 7.45. The second-order valence-corrected chi connectivity index (χ2v) is 10.4. The summed E-state index contributed by atoms with van der Waals surface area (Å²) < 4.78 is 12.8. The molecule has 11 nitrogen and oxygen atoms in total. The van der Waals surface area contributed by atoms with Crippen LogP contribution < -0.4 is 15.0 Å². The molecular formula is C26H33N7O4. The lowest BCUT2D eigenvalue weighted by Crippen LogP contribution is -2.47. The number of ether oxygens (including phenoxy) is 2. The molecule has 0 radical (unpaired) electrons. The number of amides is 2. The molecule has 1 N–H and O–H groups in total. The van der Waals surface area contributed by atoms with Crippen LogP contribution in [0.15, 0.2) is 30.5 Å². The van der Waals surface area contributed by atoms with E-state index in [1.165, 1.54) is 0 Å². The molecule has 3 aromatic rings. The van der Waals surface area contributed by atoms with Crippen molar-refractivity contribution in [3.8, 4) is 17.1 Å². The van der Waals surface area contributed by atoms with Gasteiger partial charge < -0.3 is 19.7 Å². The van der Waals surface area contributed by atoms with E-state index in [0.717, 1.165) is 19.3 Å². The highest BCUT2D eigenvalue weighted by atomic mass is 16.6. The number of rotatable bonds is 5. The molecule has 5 rings (SSSR count). The molecule has 2 aliphatic rings. The van der Waals surface area contributed by atoms with Gasteiger partial charge in [0.1, 0.15) is 17.1 Å². The van der Waals surface area contributed by atoms with Gasteiger partial charge >= 0.3 is 6.09 Å². The van der Waals surface area contributed by atoms with Crippen molar-refractivity contribution in [2.45, 2.75) is 58.1 Å². The Morgan fingerprint density at radius 1 is 1.19 bits per heavy atom. The number of likely N-dealkylation sites (tertiary alicyclic amines) is 1. The first kappa shape index (κ1) is 24.8. The van der Waals surface area contributed by atoms with Gasteiger partial charge in [0.05, 0.1) is 19.0 Å². The van der Waals surface area contributed by atoms with E-state index in [2.05, 4.69) is 10.3 Å². The predicted octanol–water partition coefficient (Wildman–Crippen LogP) is 3.74. The molecule has 5 heterocycles. The number of hydrogen-bond acceptors (Lipinski definition) is 8. The van der Waals surface area contributed by atoms with Gasteiger partial charge in [-0.25, -0.2) is 19.3 Å². The van der Waals surface area contributed by atoms with Crippen LogP contribution in [0, 0.1) is 0 Å². The molecule has 37 heavy (non-hydrogen) atoms. The largest absolute Gasteiger partial charge is 0.493 e. The Bertz CT molecular complexity index is 1320. The van der Waals surface area contributed by atoms with Gasteiger partial charge in [-0.2, -0.15) is 0 Å². The van der Waals surface area contributed by atoms with Gasteiger partial charge in [-0.1, -0.05) is 6.07 Å². The third-order valence-corrected chi connectivity index (χ3v) is 6.43. The number of methoxy groups -OCH3 is 1. The van der Waals surface area contributed by atoms with Crippen LogP contribution in [0.3, 0.4) is 0 Å². The third kappa shape index (κ3) is 5.30. The van der Waals surface area contributed by atoms with Gasteiger partial charge in [0.25, 0.3) is 0 Å². The van der Waals surface area contributed by atoms with Crippen molar-refractivity contribution >= 4 is 29.3 Å². The first-order chi connectivity index (χ1) is 17.7. The van der Waals surface area contributed by atoms with Gasteiger partial charge in [0, 0.05) is 38.2 Å². The Morgan fingerprint density at radius 2 is 2.03 bits per heavy atom. The van der Waals surface area contributed by atoms with Crippen molar-refractivity contribution in [2.24, 2.45) is 0 Å². The quantitative estimate of drug-likeness (QED) is 0.556. The first-order valence-corrected chi connectivity index (χ1v) is 12.7. The molecule has 0 spiro atoms. The number of imidazole rings is 1. The molecule has 2 fully saturated rings.